The Morgan fingerprint density at radius 1 is 1.08 bits per heavy atom. The second kappa shape index (κ2) is 10.8. The van der Waals surface area contributed by atoms with Gasteiger partial charge in [-0.05, 0) is 68.9 Å². The highest BCUT2D eigenvalue weighted by molar-refractivity contribution is 5.91. The minimum Gasteiger partial charge on any atom is -0.478 e. The number of aromatic carboxylic acids is 1. The average Bonchev–Trinajstić information content (AvgIpc) is 3.21. The molecule has 1 saturated carbocycles. The van der Waals surface area contributed by atoms with E-state index in [1.165, 1.54) is 12.1 Å². The van der Waals surface area contributed by atoms with Gasteiger partial charge in [-0.3, -0.25) is 0 Å². The van der Waals surface area contributed by atoms with Gasteiger partial charge in [-0.1, -0.05) is 24.3 Å². The SMILES string of the molecule is Cc1cccc(COC2CCC[C@H](OCc3nc(-c4cccc(C(F)(F)F)c4)oc3C)C2)c1C(=O)O. The predicted octanol–water partition coefficient (Wildman–Crippen LogP) is 6.72. The lowest BCUT2D eigenvalue weighted by molar-refractivity contribution is -0.137. The number of aryl methyl sites for hydroxylation is 2. The molecule has 4 rings (SSSR count). The summed E-state index contributed by atoms with van der Waals surface area (Å²) in [5, 5.41) is 9.51. The molecule has 1 aromatic heterocycles. The van der Waals surface area contributed by atoms with Gasteiger partial charge in [0.1, 0.15) is 11.5 Å². The third-order valence-corrected chi connectivity index (χ3v) is 6.41. The Morgan fingerprint density at radius 3 is 2.47 bits per heavy atom. The highest BCUT2D eigenvalue weighted by atomic mass is 19.4. The summed E-state index contributed by atoms with van der Waals surface area (Å²) in [6.45, 7) is 3.86. The van der Waals surface area contributed by atoms with E-state index >= 15 is 0 Å². The van der Waals surface area contributed by atoms with Gasteiger partial charge in [0.05, 0.1) is 36.5 Å². The molecule has 3 aromatic rings. The van der Waals surface area contributed by atoms with Crippen LogP contribution in [0.3, 0.4) is 0 Å². The molecule has 0 aliphatic heterocycles. The molecule has 0 amide bonds. The van der Waals surface area contributed by atoms with Crippen molar-refractivity contribution in [3.05, 3.63) is 76.2 Å². The first-order chi connectivity index (χ1) is 17.1. The molecule has 6 nitrogen and oxygen atoms in total. The maximum absolute atomic E-state index is 13.0. The van der Waals surface area contributed by atoms with Gasteiger partial charge < -0.3 is 19.0 Å². The number of oxazole rings is 1. The van der Waals surface area contributed by atoms with Crippen molar-refractivity contribution in [1.82, 2.24) is 4.98 Å². The smallest absolute Gasteiger partial charge is 0.416 e. The number of rotatable bonds is 8. The maximum atomic E-state index is 13.0. The first-order valence-electron chi connectivity index (χ1n) is 11.8. The van der Waals surface area contributed by atoms with E-state index < -0.39 is 17.7 Å². The molecule has 1 aliphatic rings. The zero-order chi connectivity index (χ0) is 25.9. The number of aromatic nitrogens is 1. The summed E-state index contributed by atoms with van der Waals surface area (Å²) in [4.78, 5) is 16.0. The number of carboxylic acid groups (broad SMARTS) is 1. The first-order valence-corrected chi connectivity index (χ1v) is 11.8. The van der Waals surface area contributed by atoms with E-state index in [1.54, 1.807) is 26.0 Å². The Bertz CT molecular complexity index is 1220. The van der Waals surface area contributed by atoms with Gasteiger partial charge in [-0.25, -0.2) is 9.78 Å². The van der Waals surface area contributed by atoms with Crippen molar-refractivity contribution in [2.75, 3.05) is 0 Å². The zero-order valence-electron chi connectivity index (χ0n) is 20.1. The minimum atomic E-state index is -4.45. The van der Waals surface area contributed by atoms with Crippen LogP contribution >= 0.6 is 0 Å². The van der Waals surface area contributed by atoms with Gasteiger partial charge in [-0.2, -0.15) is 13.2 Å². The van der Waals surface area contributed by atoms with Crippen LogP contribution in [0, 0.1) is 13.8 Å². The van der Waals surface area contributed by atoms with Crippen LogP contribution in [0.25, 0.3) is 11.5 Å². The second-order valence-corrected chi connectivity index (χ2v) is 9.05. The van der Waals surface area contributed by atoms with E-state index in [9.17, 15) is 23.1 Å². The van der Waals surface area contributed by atoms with E-state index in [1.807, 2.05) is 6.07 Å². The van der Waals surface area contributed by atoms with Crippen LogP contribution < -0.4 is 0 Å². The summed E-state index contributed by atoms with van der Waals surface area (Å²) in [6.07, 6.45) is -1.32. The van der Waals surface area contributed by atoms with Crippen LogP contribution in [0.15, 0.2) is 46.9 Å². The van der Waals surface area contributed by atoms with Crippen molar-refractivity contribution in [1.29, 1.82) is 0 Å². The predicted molar refractivity (Wildman–Crippen MR) is 125 cm³/mol. The van der Waals surface area contributed by atoms with Gasteiger partial charge in [0.2, 0.25) is 5.89 Å². The van der Waals surface area contributed by atoms with Crippen molar-refractivity contribution in [3.8, 4) is 11.5 Å². The van der Waals surface area contributed by atoms with E-state index in [-0.39, 0.29) is 42.4 Å². The normalized spacial score (nSPS) is 18.4. The third-order valence-electron chi connectivity index (χ3n) is 6.41. The number of alkyl halides is 3. The van der Waals surface area contributed by atoms with Crippen molar-refractivity contribution in [3.63, 3.8) is 0 Å². The van der Waals surface area contributed by atoms with Crippen LogP contribution in [0.5, 0.6) is 0 Å². The Hall–Kier alpha value is -3.17. The number of halogens is 3. The fraction of sp³-hybridized carbons (Fsp3) is 0.407. The number of ether oxygens (including phenoxy) is 2. The summed E-state index contributed by atoms with van der Waals surface area (Å²) < 4.78 is 56.9. The highest BCUT2D eigenvalue weighted by Gasteiger charge is 2.31. The molecular formula is C27H28F3NO5. The molecule has 0 spiro atoms. The number of benzene rings is 2. The summed E-state index contributed by atoms with van der Waals surface area (Å²) in [5.74, 6) is -0.356. The van der Waals surface area contributed by atoms with Crippen LogP contribution in [0.4, 0.5) is 13.2 Å². The van der Waals surface area contributed by atoms with E-state index in [0.29, 0.717) is 29.0 Å². The standard InChI is InChI=1S/C27H28F3NO5/c1-16-6-3-8-19(24(16)26(32)33)14-34-21-10-5-11-22(13-21)35-15-23-17(2)36-25(31-23)18-7-4-9-20(12-18)27(28,29)30/h3-4,6-9,12,21-22H,5,10-11,13-15H2,1-2H3,(H,32,33)/t21?,22-/m0/s1. The van der Waals surface area contributed by atoms with Gasteiger partial charge >= 0.3 is 12.1 Å². The maximum Gasteiger partial charge on any atom is 0.416 e. The number of carboxylic acids is 1. The molecule has 1 aliphatic carbocycles. The van der Waals surface area contributed by atoms with Crippen molar-refractivity contribution in [2.45, 2.75) is 71.1 Å². The van der Waals surface area contributed by atoms with Gasteiger partial charge in [0.25, 0.3) is 0 Å². The van der Waals surface area contributed by atoms with Crippen molar-refractivity contribution in [2.24, 2.45) is 0 Å². The third kappa shape index (κ3) is 6.14. The van der Waals surface area contributed by atoms with Gasteiger partial charge in [0, 0.05) is 5.56 Å². The van der Waals surface area contributed by atoms with Crippen LogP contribution in [0.2, 0.25) is 0 Å². The molecule has 1 N–H and O–H groups in total. The van der Waals surface area contributed by atoms with Gasteiger partial charge in [0.15, 0.2) is 0 Å². The van der Waals surface area contributed by atoms with E-state index in [2.05, 4.69) is 4.98 Å². The Labute approximate surface area is 207 Å². The Kier molecular flexibility index (Phi) is 7.80. The molecule has 0 saturated heterocycles. The Morgan fingerprint density at radius 2 is 1.78 bits per heavy atom. The van der Waals surface area contributed by atoms with Crippen molar-refractivity contribution >= 4 is 5.97 Å². The molecule has 1 fully saturated rings. The molecule has 0 radical (unpaired) electrons. The minimum absolute atomic E-state index is 0.0648. The topological polar surface area (TPSA) is 81.8 Å². The molecule has 192 valence electrons. The number of hydrogen-bond donors (Lipinski definition) is 1. The lowest BCUT2D eigenvalue weighted by Gasteiger charge is -2.29. The Balaban J connectivity index is 1.35. The molecule has 36 heavy (non-hydrogen) atoms. The zero-order valence-corrected chi connectivity index (χ0v) is 20.1. The summed E-state index contributed by atoms with van der Waals surface area (Å²) in [5.41, 5.74) is 1.65. The fourth-order valence-electron chi connectivity index (χ4n) is 4.48. The number of hydrogen-bond acceptors (Lipinski definition) is 5. The fourth-order valence-corrected chi connectivity index (χ4v) is 4.48. The van der Waals surface area contributed by atoms with E-state index in [4.69, 9.17) is 13.9 Å². The monoisotopic (exact) mass is 503 g/mol. The molecule has 2 atom stereocenters. The average molecular weight is 504 g/mol. The summed E-state index contributed by atoms with van der Waals surface area (Å²) in [7, 11) is 0. The van der Waals surface area contributed by atoms with Crippen LogP contribution in [-0.4, -0.2) is 28.3 Å². The number of carbonyl (C=O) groups is 1. The molecule has 9 heteroatoms. The number of nitrogens with zero attached hydrogens (tertiary/aromatic N) is 1. The molecule has 1 heterocycles. The molecular weight excluding hydrogens is 475 g/mol. The quantitative estimate of drug-likeness (QED) is 0.368. The lowest BCUT2D eigenvalue weighted by atomic mass is 9.94. The second-order valence-electron chi connectivity index (χ2n) is 9.05. The van der Waals surface area contributed by atoms with E-state index in [0.717, 1.165) is 31.4 Å². The lowest BCUT2D eigenvalue weighted by Crippen LogP contribution is -2.28. The largest absolute Gasteiger partial charge is 0.478 e. The van der Waals surface area contributed by atoms with Crippen LogP contribution in [0.1, 0.15) is 64.2 Å². The van der Waals surface area contributed by atoms with Gasteiger partial charge in [-0.15, -0.1) is 0 Å². The molecule has 0 bridgehead atoms. The first kappa shape index (κ1) is 25.9. The highest BCUT2D eigenvalue weighted by Crippen LogP contribution is 2.33. The van der Waals surface area contributed by atoms with Crippen molar-refractivity contribution < 1.29 is 37.0 Å². The summed E-state index contributed by atoms with van der Waals surface area (Å²) in [6, 6.07) is 10.2. The van der Waals surface area contributed by atoms with Crippen LogP contribution in [-0.2, 0) is 28.9 Å². The summed E-state index contributed by atoms with van der Waals surface area (Å²) >= 11 is 0. The molecule has 2 aromatic carbocycles. The molecule has 1 unspecified atom stereocenters.